The van der Waals surface area contributed by atoms with Crippen molar-refractivity contribution in [2.24, 2.45) is 0 Å². The fraction of sp³-hybridized carbons (Fsp3) is 0.333. The maximum atomic E-state index is 11.8. The molecule has 0 saturated carbocycles. The molecule has 0 bridgehead atoms. The number of ether oxygens (including phenoxy) is 1. The van der Waals surface area contributed by atoms with Crippen LogP contribution in [0.25, 0.3) is 0 Å². The quantitative estimate of drug-likeness (QED) is 0.786. The number of nitrogens with zero attached hydrogens (tertiary/aromatic N) is 1. The smallest absolute Gasteiger partial charge is 0.306 e. The monoisotopic (exact) mass is 283 g/mol. The molecule has 0 unspecified atom stereocenters. The van der Waals surface area contributed by atoms with E-state index < -0.39 is 0 Å². The van der Waals surface area contributed by atoms with Crippen molar-refractivity contribution in [2.75, 3.05) is 0 Å². The van der Waals surface area contributed by atoms with Gasteiger partial charge in [0.1, 0.15) is 6.61 Å². The molecule has 0 N–H and O–H groups in total. The van der Waals surface area contributed by atoms with Gasteiger partial charge in [0, 0.05) is 12.6 Å². The lowest BCUT2D eigenvalue weighted by atomic mass is 9.96. The fourth-order valence-corrected chi connectivity index (χ4v) is 2.54. The van der Waals surface area contributed by atoms with Gasteiger partial charge in [0.15, 0.2) is 0 Å². The van der Waals surface area contributed by atoms with Crippen LogP contribution in [-0.2, 0) is 22.6 Å². The van der Waals surface area contributed by atoms with Gasteiger partial charge in [-0.2, -0.15) is 0 Å². The lowest BCUT2D eigenvalue weighted by Gasteiger charge is -2.11. The van der Waals surface area contributed by atoms with Crippen LogP contribution < -0.4 is 0 Å². The first kappa shape index (κ1) is 15.2. The zero-order valence-corrected chi connectivity index (χ0v) is 12.8. The number of hydrogen-bond donors (Lipinski definition) is 0. The number of pyridine rings is 1. The first-order valence-electron chi connectivity index (χ1n) is 7.18. The Morgan fingerprint density at radius 3 is 2.48 bits per heavy atom. The van der Waals surface area contributed by atoms with Crippen molar-refractivity contribution in [3.8, 4) is 0 Å². The van der Waals surface area contributed by atoms with Gasteiger partial charge in [0.05, 0.1) is 5.69 Å². The molecular formula is C18H21NO2. The summed E-state index contributed by atoms with van der Waals surface area (Å²) in [6.45, 7) is 6.51. The van der Waals surface area contributed by atoms with Crippen LogP contribution in [0.1, 0.15) is 34.4 Å². The molecule has 0 aliphatic heterocycles. The molecule has 0 aliphatic carbocycles. The van der Waals surface area contributed by atoms with Crippen LogP contribution in [0.15, 0.2) is 36.5 Å². The largest absolute Gasteiger partial charge is 0.459 e. The molecule has 3 heteroatoms. The van der Waals surface area contributed by atoms with Crippen molar-refractivity contribution in [3.63, 3.8) is 0 Å². The Bertz CT molecular complexity index is 597. The van der Waals surface area contributed by atoms with Gasteiger partial charge in [-0.15, -0.1) is 0 Å². The third kappa shape index (κ3) is 4.42. The summed E-state index contributed by atoms with van der Waals surface area (Å²) in [6, 6.07) is 9.88. The van der Waals surface area contributed by atoms with Crippen LogP contribution in [0, 0.1) is 20.8 Å². The summed E-state index contributed by atoms with van der Waals surface area (Å²) >= 11 is 0. The van der Waals surface area contributed by atoms with E-state index in [1.165, 1.54) is 22.3 Å². The minimum atomic E-state index is -0.181. The SMILES string of the molecule is Cc1cc(C)c(CCC(=O)OCc2ccccn2)c(C)c1. The van der Waals surface area contributed by atoms with Crippen molar-refractivity contribution in [2.45, 2.75) is 40.2 Å². The number of carbonyl (C=O) groups is 1. The molecule has 1 aromatic heterocycles. The number of esters is 1. The molecule has 21 heavy (non-hydrogen) atoms. The number of rotatable bonds is 5. The number of aryl methyl sites for hydroxylation is 3. The molecule has 0 amide bonds. The van der Waals surface area contributed by atoms with Gasteiger partial charge in [0.25, 0.3) is 0 Å². The van der Waals surface area contributed by atoms with E-state index in [0.717, 1.165) is 12.1 Å². The Labute approximate surface area is 126 Å². The molecule has 0 atom stereocenters. The van der Waals surface area contributed by atoms with Crippen LogP contribution in [0.2, 0.25) is 0 Å². The van der Waals surface area contributed by atoms with Gasteiger partial charge >= 0.3 is 5.97 Å². The van der Waals surface area contributed by atoms with E-state index in [2.05, 4.69) is 37.9 Å². The lowest BCUT2D eigenvalue weighted by molar-refractivity contribution is -0.145. The molecular weight excluding hydrogens is 262 g/mol. The van der Waals surface area contributed by atoms with E-state index in [1.54, 1.807) is 6.20 Å². The van der Waals surface area contributed by atoms with E-state index >= 15 is 0 Å². The predicted molar refractivity (Wildman–Crippen MR) is 83.0 cm³/mol. The zero-order chi connectivity index (χ0) is 15.2. The summed E-state index contributed by atoms with van der Waals surface area (Å²) in [5, 5.41) is 0. The van der Waals surface area contributed by atoms with Crippen LogP contribution >= 0.6 is 0 Å². The molecule has 0 radical (unpaired) electrons. The molecule has 0 fully saturated rings. The summed E-state index contributed by atoms with van der Waals surface area (Å²) in [5.41, 5.74) is 5.76. The zero-order valence-electron chi connectivity index (χ0n) is 12.8. The number of carbonyl (C=O) groups excluding carboxylic acids is 1. The van der Waals surface area contributed by atoms with Gasteiger partial charge < -0.3 is 4.74 Å². The molecule has 0 spiro atoms. The molecule has 3 nitrogen and oxygen atoms in total. The Kier molecular flexibility index (Phi) is 5.09. The summed E-state index contributed by atoms with van der Waals surface area (Å²) in [7, 11) is 0. The van der Waals surface area contributed by atoms with E-state index in [-0.39, 0.29) is 12.6 Å². The number of benzene rings is 1. The van der Waals surface area contributed by atoms with Gasteiger partial charge in [0.2, 0.25) is 0 Å². The van der Waals surface area contributed by atoms with E-state index in [0.29, 0.717) is 6.42 Å². The van der Waals surface area contributed by atoms with Gasteiger partial charge in [-0.25, -0.2) is 0 Å². The molecule has 1 heterocycles. The predicted octanol–water partition coefficient (Wildman–Crippen LogP) is 3.68. The highest BCUT2D eigenvalue weighted by Gasteiger charge is 2.09. The topological polar surface area (TPSA) is 39.2 Å². The number of aromatic nitrogens is 1. The minimum Gasteiger partial charge on any atom is -0.459 e. The summed E-state index contributed by atoms with van der Waals surface area (Å²) in [6.07, 6.45) is 2.82. The molecule has 1 aromatic carbocycles. The van der Waals surface area contributed by atoms with Crippen LogP contribution in [-0.4, -0.2) is 11.0 Å². The maximum Gasteiger partial charge on any atom is 0.306 e. The Balaban J connectivity index is 1.87. The van der Waals surface area contributed by atoms with Crippen molar-refractivity contribution < 1.29 is 9.53 Å². The first-order chi connectivity index (χ1) is 10.1. The van der Waals surface area contributed by atoms with Crippen molar-refractivity contribution >= 4 is 5.97 Å². The van der Waals surface area contributed by atoms with Crippen LogP contribution in [0.4, 0.5) is 0 Å². The van der Waals surface area contributed by atoms with E-state index in [9.17, 15) is 4.79 Å². The van der Waals surface area contributed by atoms with E-state index in [1.807, 2.05) is 18.2 Å². The normalized spacial score (nSPS) is 10.4. The minimum absolute atomic E-state index is 0.181. The second kappa shape index (κ2) is 7.02. The first-order valence-corrected chi connectivity index (χ1v) is 7.18. The highest BCUT2D eigenvalue weighted by Crippen LogP contribution is 2.18. The summed E-state index contributed by atoms with van der Waals surface area (Å²) in [4.78, 5) is 16.0. The Hall–Kier alpha value is -2.16. The third-order valence-corrected chi connectivity index (χ3v) is 3.53. The Morgan fingerprint density at radius 1 is 1.14 bits per heavy atom. The molecule has 110 valence electrons. The maximum absolute atomic E-state index is 11.8. The summed E-state index contributed by atoms with van der Waals surface area (Å²) < 4.78 is 5.25. The third-order valence-electron chi connectivity index (χ3n) is 3.53. The van der Waals surface area contributed by atoms with Crippen LogP contribution in [0.5, 0.6) is 0 Å². The second-order valence-corrected chi connectivity index (χ2v) is 5.36. The average Bonchev–Trinajstić information content (AvgIpc) is 2.45. The highest BCUT2D eigenvalue weighted by molar-refractivity contribution is 5.69. The lowest BCUT2D eigenvalue weighted by Crippen LogP contribution is -2.08. The highest BCUT2D eigenvalue weighted by atomic mass is 16.5. The Morgan fingerprint density at radius 2 is 1.86 bits per heavy atom. The number of hydrogen-bond acceptors (Lipinski definition) is 3. The average molecular weight is 283 g/mol. The molecule has 0 aliphatic rings. The van der Waals surface area contributed by atoms with Gasteiger partial charge in [-0.05, 0) is 56.0 Å². The van der Waals surface area contributed by atoms with E-state index in [4.69, 9.17) is 4.74 Å². The van der Waals surface area contributed by atoms with Crippen molar-refractivity contribution in [1.82, 2.24) is 4.98 Å². The van der Waals surface area contributed by atoms with Crippen molar-refractivity contribution in [3.05, 3.63) is 64.5 Å². The second-order valence-electron chi connectivity index (χ2n) is 5.36. The van der Waals surface area contributed by atoms with Gasteiger partial charge in [-0.3, -0.25) is 9.78 Å². The van der Waals surface area contributed by atoms with Crippen LogP contribution in [0.3, 0.4) is 0 Å². The molecule has 0 saturated heterocycles. The molecule has 2 aromatic rings. The summed E-state index contributed by atoms with van der Waals surface area (Å²) in [5.74, 6) is -0.181. The van der Waals surface area contributed by atoms with Crippen molar-refractivity contribution in [1.29, 1.82) is 0 Å². The standard InChI is InChI=1S/C18H21NO2/c1-13-10-14(2)17(15(3)11-13)7-8-18(20)21-12-16-6-4-5-9-19-16/h4-6,9-11H,7-8,12H2,1-3H3. The molecule has 2 rings (SSSR count). The van der Waals surface area contributed by atoms with Gasteiger partial charge in [-0.1, -0.05) is 23.8 Å². The fourth-order valence-electron chi connectivity index (χ4n) is 2.54.